The fraction of sp³-hybridized carbons (Fsp3) is 0.200. The zero-order valence-electron chi connectivity index (χ0n) is 11.0. The number of para-hydroxylation sites is 3. The standard InChI is InChI=1S/C15H15F2NO2/c1-19-13-7-2-3-8-14(13)20-10-9-18-15-11(16)5-4-6-12(15)17/h2-8,18H,9-10H2,1H3. The molecule has 1 N–H and O–H groups in total. The van der Waals surface area contributed by atoms with Gasteiger partial charge in [0.2, 0.25) is 0 Å². The highest BCUT2D eigenvalue weighted by Crippen LogP contribution is 2.25. The van der Waals surface area contributed by atoms with Gasteiger partial charge in [0, 0.05) is 6.54 Å². The Morgan fingerprint density at radius 3 is 2.25 bits per heavy atom. The molecule has 0 aliphatic heterocycles. The van der Waals surface area contributed by atoms with Crippen LogP contribution in [0.3, 0.4) is 0 Å². The number of nitrogens with one attached hydrogen (secondary N) is 1. The fourth-order valence-corrected chi connectivity index (χ4v) is 1.74. The largest absolute Gasteiger partial charge is 0.493 e. The van der Waals surface area contributed by atoms with E-state index in [2.05, 4.69) is 5.32 Å². The van der Waals surface area contributed by atoms with Crippen LogP contribution in [0.4, 0.5) is 14.5 Å². The summed E-state index contributed by atoms with van der Waals surface area (Å²) < 4.78 is 37.3. The van der Waals surface area contributed by atoms with E-state index >= 15 is 0 Å². The van der Waals surface area contributed by atoms with Crippen LogP contribution in [0.2, 0.25) is 0 Å². The van der Waals surface area contributed by atoms with E-state index in [0.29, 0.717) is 11.5 Å². The number of anilines is 1. The number of ether oxygens (including phenoxy) is 2. The van der Waals surface area contributed by atoms with Crippen molar-refractivity contribution < 1.29 is 18.3 Å². The molecule has 0 atom stereocenters. The van der Waals surface area contributed by atoms with Gasteiger partial charge < -0.3 is 14.8 Å². The van der Waals surface area contributed by atoms with E-state index in [4.69, 9.17) is 9.47 Å². The molecule has 3 nitrogen and oxygen atoms in total. The van der Waals surface area contributed by atoms with Gasteiger partial charge in [-0.25, -0.2) is 8.78 Å². The van der Waals surface area contributed by atoms with E-state index in [0.717, 1.165) is 0 Å². The molecule has 0 heterocycles. The summed E-state index contributed by atoms with van der Waals surface area (Å²) in [7, 11) is 1.55. The van der Waals surface area contributed by atoms with E-state index in [1.165, 1.54) is 18.2 Å². The summed E-state index contributed by atoms with van der Waals surface area (Å²) in [6.45, 7) is 0.532. The Balaban J connectivity index is 1.88. The molecule has 106 valence electrons. The van der Waals surface area contributed by atoms with Crippen LogP contribution in [-0.4, -0.2) is 20.3 Å². The van der Waals surface area contributed by atoms with Gasteiger partial charge in [-0.3, -0.25) is 0 Å². The molecule has 20 heavy (non-hydrogen) atoms. The highest BCUT2D eigenvalue weighted by atomic mass is 19.1. The topological polar surface area (TPSA) is 30.5 Å². The Morgan fingerprint density at radius 1 is 0.950 bits per heavy atom. The van der Waals surface area contributed by atoms with Gasteiger partial charge in [-0.1, -0.05) is 18.2 Å². The third kappa shape index (κ3) is 3.38. The molecule has 0 aliphatic carbocycles. The molecule has 0 saturated carbocycles. The van der Waals surface area contributed by atoms with Crippen LogP contribution in [0.1, 0.15) is 0 Å². The molecule has 0 amide bonds. The normalized spacial score (nSPS) is 10.2. The first-order chi connectivity index (χ1) is 9.72. The molecule has 2 aromatic carbocycles. The van der Waals surface area contributed by atoms with Crippen molar-refractivity contribution in [3.05, 3.63) is 54.1 Å². The molecule has 0 unspecified atom stereocenters. The predicted octanol–water partition coefficient (Wildman–Crippen LogP) is 3.46. The Morgan fingerprint density at radius 2 is 1.60 bits per heavy atom. The van der Waals surface area contributed by atoms with Crippen LogP contribution in [0.25, 0.3) is 0 Å². The van der Waals surface area contributed by atoms with Crippen molar-refractivity contribution in [2.24, 2.45) is 0 Å². The van der Waals surface area contributed by atoms with Crippen molar-refractivity contribution in [3.8, 4) is 11.5 Å². The highest BCUT2D eigenvalue weighted by Gasteiger charge is 2.07. The molecule has 0 radical (unpaired) electrons. The first-order valence-electron chi connectivity index (χ1n) is 6.16. The second kappa shape index (κ2) is 6.75. The van der Waals surface area contributed by atoms with E-state index in [9.17, 15) is 8.78 Å². The van der Waals surface area contributed by atoms with Crippen molar-refractivity contribution in [3.63, 3.8) is 0 Å². The summed E-state index contributed by atoms with van der Waals surface area (Å²) in [5.74, 6) is -0.0417. The first kappa shape index (κ1) is 14.1. The van der Waals surface area contributed by atoms with Crippen LogP contribution in [0.5, 0.6) is 11.5 Å². The van der Waals surface area contributed by atoms with E-state index < -0.39 is 11.6 Å². The van der Waals surface area contributed by atoms with Gasteiger partial charge >= 0.3 is 0 Å². The maximum atomic E-state index is 13.4. The number of halogens is 2. The van der Waals surface area contributed by atoms with E-state index in [1.54, 1.807) is 19.2 Å². The Labute approximate surface area is 116 Å². The lowest BCUT2D eigenvalue weighted by Gasteiger charge is -2.12. The summed E-state index contributed by atoms with van der Waals surface area (Å²) >= 11 is 0. The summed E-state index contributed by atoms with van der Waals surface area (Å²) in [6.07, 6.45) is 0. The Kier molecular flexibility index (Phi) is 4.76. The third-order valence-electron chi connectivity index (χ3n) is 2.69. The molecule has 0 aliphatic rings. The quantitative estimate of drug-likeness (QED) is 0.821. The number of hydrogen-bond acceptors (Lipinski definition) is 3. The molecule has 0 spiro atoms. The van der Waals surface area contributed by atoms with Crippen LogP contribution in [-0.2, 0) is 0 Å². The molecule has 5 heteroatoms. The lowest BCUT2D eigenvalue weighted by Crippen LogP contribution is -2.13. The van der Waals surface area contributed by atoms with Gasteiger partial charge in [-0.2, -0.15) is 0 Å². The van der Waals surface area contributed by atoms with Gasteiger partial charge in [-0.15, -0.1) is 0 Å². The zero-order chi connectivity index (χ0) is 14.4. The summed E-state index contributed by atoms with van der Waals surface area (Å²) in [6, 6.07) is 10.9. The Hall–Kier alpha value is -2.30. The Bertz CT molecular complexity index is 555. The molecule has 2 rings (SSSR count). The number of benzene rings is 2. The van der Waals surface area contributed by atoms with E-state index in [1.807, 2.05) is 12.1 Å². The number of hydrogen-bond donors (Lipinski definition) is 1. The second-order valence-corrected chi connectivity index (χ2v) is 4.02. The van der Waals surface area contributed by atoms with Gasteiger partial charge in [-0.05, 0) is 24.3 Å². The van der Waals surface area contributed by atoms with Crippen molar-refractivity contribution in [2.75, 3.05) is 25.6 Å². The van der Waals surface area contributed by atoms with Crippen LogP contribution < -0.4 is 14.8 Å². The molecule has 0 aromatic heterocycles. The number of methoxy groups -OCH3 is 1. The molecule has 0 saturated heterocycles. The smallest absolute Gasteiger partial charge is 0.161 e. The maximum absolute atomic E-state index is 13.4. The fourth-order valence-electron chi connectivity index (χ4n) is 1.74. The van der Waals surface area contributed by atoms with Gasteiger partial charge in [0.15, 0.2) is 11.5 Å². The van der Waals surface area contributed by atoms with Crippen molar-refractivity contribution in [1.82, 2.24) is 0 Å². The first-order valence-corrected chi connectivity index (χ1v) is 6.16. The summed E-state index contributed by atoms with van der Waals surface area (Å²) in [4.78, 5) is 0. The summed E-state index contributed by atoms with van der Waals surface area (Å²) in [5, 5.41) is 2.67. The molecule has 2 aromatic rings. The molecule has 0 bridgehead atoms. The maximum Gasteiger partial charge on any atom is 0.161 e. The van der Waals surface area contributed by atoms with Gasteiger partial charge in [0.1, 0.15) is 23.9 Å². The minimum absolute atomic E-state index is 0.142. The van der Waals surface area contributed by atoms with Crippen LogP contribution in [0, 0.1) is 11.6 Å². The SMILES string of the molecule is COc1ccccc1OCCNc1c(F)cccc1F. The minimum atomic E-state index is -0.623. The van der Waals surface area contributed by atoms with Crippen molar-refractivity contribution in [1.29, 1.82) is 0 Å². The molecular formula is C15H15F2NO2. The second-order valence-electron chi connectivity index (χ2n) is 4.02. The van der Waals surface area contributed by atoms with Crippen LogP contribution in [0.15, 0.2) is 42.5 Å². The zero-order valence-corrected chi connectivity index (χ0v) is 11.0. The lowest BCUT2D eigenvalue weighted by molar-refractivity contribution is 0.305. The predicted molar refractivity (Wildman–Crippen MR) is 73.3 cm³/mol. The third-order valence-corrected chi connectivity index (χ3v) is 2.69. The van der Waals surface area contributed by atoms with E-state index in [-0.39, 0.29) is 18.8 Å². The van der Waals surface area contributed by atoms with Crippen molar-refractivity contribution >= 4 is 5.69 Å². The molecular weight excluding hydrogens is 264 g/mol. The average Bonchev–Trinajstić information content (AvgIpc) is 2.46. The average molecular weight is 279 g/mol. The van der Waals surface area contributed by atoms with Crippen molar-refractivity contribution in [2.45, 2.75) is 0 Å². The summed E-state index contributed by atoms with van der Waals surface area (Å²) in [5.41, 5.74) is -0.142. The highest BCUT2D eigenvalue weighted by molar-refractivity contribution is 5.46. The monoisotopic (exact) mass is 279 g/mol. The number of rotatable bonds is 6. The minimum Gasteiger partial charge on any atom is -0.493 e. The molecule has 0 fully saturated rings. The van der Waals surface area contributed by atoms with Gasteiger partial charge in [0.25, 0.3) is 0 Å². The van der Waals surface area contributed by atoms with Gasteiger partial charge in [0.05, 0.1) is 7.11 Å². The lowest BCUT2D eigenvalue weighted by atomic mass is 10.3. The van der Waals surface area contributed by atoms with Crippen LogP contribution >= 0.6 is 0 Å².